The van der Waals surface area contributed by atoms with Crippen molar-refractivity contribution in [2.24, 2.45) is 0 Å². The lowest BCUT2D eigenvalue weighted by Gasteiger charge is -2.33. The largest absolute Gasteiger partial charge is 0.381 e. The van der Waals surface area contributed by atoms with E-state index in [-0.39, 0.29) is 0 Å². The molecule has 1 saturated heterocycles. The van der Waals surface area contributed by atoms with Crippen LogP contribution in [-0.2, 0) is 6.54 Å². The minimum absolute atomic E-state index is 0.477. The van der Waals surface area contributed by atoms with E-state index in [4.69, 9.17) is 0 Å². The summed E-state index contributed by atoms with van der Waals surface area (Å²) < 4.78 is 0. The number of benzene rings is 1. The highest BCUT2D eigenvalue weighted by atomic mass is 15.2. The number of aryl methyl sites for hydroxylation is 2. The van der Waals surface area contributed by atoms with Crippen LogP contribution in [0.3, 0.4) is 0 Å². The summed E-state index contributed by atoms with van der Waals surface area (Å²) in [5.74, 6) is 0. The SMILES string of the molecule is Cc1cc(NC2CCCN(Cc3ccc4nccnc4c3)C2)cc(C)n1. The lowest BCUT2D eigenvalue weighted by atomic mass is 10.0. The molecule has 1 aliphatic rings. The van der Waals surface area contributed by atoms with Gasteiger partial charge in [-0.25, -0.2) is 0 Å². The van der Waals surface area contributed by atoms with Crippen LogP contribution in [0.1, 0.15) is 29.8 Å². The second-order valence-electron chi connectivity index (χ2n) is 7.24. The van der Waals surface area contributed by atoms with Gasteiger partial charge in [0.2, 0.25) is 0 Å². The van der Waals surface area contributed by atoms with Gasteiger partial charge in [-0.05, 0) is 63.1 Å². The molecule has 0 radical (unpaired) electrons. The van der Waals surface area contributed by atoms with Crippen LogP contribution in [0.15, 0.2) is 42.7 Å². The molecule has 4 rings (SSSR count). The van der Waals surface area contributed by atoms with Gasteiger partial charge in [-0.3, -0.25) is 19.9 Å². The third-order valence-corrected chi connectivity index (χ3v) is 4.90. The van der Waals surface area contributed by atoms with Gasteiger partial charge in [0.25, 0.3) is 0 Å². The molecule has 1 aliphatic heterocycles. The molecular weight excluding hydrogens is 322 g/mol. The highest BCUT2D eigenvalue weighted by molar-refractivity contribution is 5.74. The number of piperidine rings is 1. The number of hydrogen-bond donors (Lipinski definition) is 1. The van der Waals surface area contributed by atoms with Crippen LogP contribution in [0.2, 0.25) is 0 Å². The molecule has 0 bridgehead atoms. The van der Waals surface area contributed by atoms with E-state index in [1.807, 2.05) is 13.8 Å². The van der Waals surface area contributed by atoms with Crippen molar-refractivity contribution in [2.75, 3.05) is 18.4 Å². The minimum atomic E-state index is 0.477. The van der Waals surface area contributed by atoms with Crippen molar-refractivity contribution >= 4 is 16.7 Å². The standard InChI is InChI=1S/C21H25N5/c1-15-10-19(11-16(2)24-15)25-18-4-3-9-26(14-18)13-17-5-6-20-21(12-17)23-8-7-22-20/h5-8,10-12,18H,3-4,9,13-14H2,1-2H3,(H,24,25). The van der Waals surface area contributed by atoms with Crippen LogP contribution < -0.4 is 5.32 Å². The van der Waals surface area contributed by atoms with E-state index >= 15 is 0 Å². The van der Waals surface area contributed by atoms with Crippen molar-refractivity contribution in [1.29, 1.82) is 0 Å². The van der Waals surface area contributed by atoms with Gasteiger partial charge in [0, 0.05) is 48.6 Å². The number of pyridine rings is 1. The number of likely N-dealkylation sites (tertiary alicyclic amines) is 1. The number of anilines is 1. The minimum Gasteiger partial charge on any atom is -0.381 e. The number of hydrogen-bond acceptors (Lipinski definition) is 5. The molecule has 0 saturated carbocycles. The molecular formula is C21H25N5. The van der Waals surface area contributed by atoms with Crippen molar-refractivity contribution in [3.8, 4) is 0 Å². The van der Waals surface area contributed by atoms with E-state index in [2.05, 4.69) is 55.5 Å². The third kappa shape index (κ3) is 3.99. The number of fused-ring (bicyclic) bond motifs is 1. The molecule has 0 amide bonds. The Morgan fingerprint density at radius 1 is 1.04 bits per heavy atom. The van der Waals surface area contributed by atoms with E-state index in [1.165, 1.54) is 24.1 Å². The van der Waals surface area contributed by atoms with Gasteiger partial charge in [0.15, 0.2) is 0 Å². The zero-order valence-corrected chi connectivity index (χ0v) is 15.4. The fourth-order valence-electron chi connectivity index (χ4n) is 3.84. The van der Waals surface area contributed by atoms with Crippen molar-refractivity contribution < 1.29 is 0 Å². The van der Waals surface area contributed by atoms with Crippen LogP contribution in [0, 0.1) is 13.8 Å². The summed E-state index contributed by atoms with van der Waals surface area (Å²) in [6, 6.07) is 11.1. The molecule has 3 heterocycles. The molecule has 1 fully saturated rings. The van der Waals surface area contributed by atoms with Crippen molar-refractivity contribution in [1.82, 2.24) is 19.9 Å². The van der Waals surface area contributed by atoms with Crippen LogP contribution in [0.4, 0.5) is 5.69 Å². The molecule has 134 valence electrons. The Labute approximate surface area is 154 Å². The van der Waals surface area contributed by atoms with Gasteiger partial charge in [0.05, 0.1) is 11.0 Å². The fraction of sp³-hybridized carbons (Fsp3) is 0.381. The first-order valence-corrected chi connectivity index (χ1v) is 9.29. The van der Waals surface area contributed by atoms with Crippen LogP contribution >= 0.6 is 0 Å². The normalized spacial score (nSPS) is 18.2. The average Bonchev–Trinajstić information content (AvgIpc) is 2.61. The molecule has 1 aromatic carbocycles. The Morgan fingerprint density at radius 2 is 1.81 bits per heavy atom. The Morgan fingerprint density at radius 3 is 2.62 bits per heavy atom. The Balaban J connectivity index is 1.42. The van der Waals surface area contributed by atoms with E-state index in [0.29, 0.717) is 6.04 Å². The second kappa shape index (κ2) is 7.38. The topological polar surface area (TPSA) is 53.9 Å². The van der Waals surface area contributed by atoms with Crippen LogP contribution in [0.25, 0.3) is 11.0 Å². The quantitative estimate of drug-likeness (QED) is 0.779. The van der Waals surface area contributed by atoms with Crippen molar-refractivity contribution in [3.05, 3.63) is 59.7 Å². The van der Waals surface area contributed by atoms with Crippen molar-refractivity contribution in [3.63, 3.8) is 0 Å². The third-order valence-electron chi connectivity index (χ3n) is 4.90. The second-order valence-corrected chi connectivity index (χ2v) is 7.24. The van der Waals surface area contributed by atoms with Gasteiger partial charge in [-0.15, -0.1) is 0 Å². The fourth-order valence-corrected chi connectivity index (χ4v) is 3.84. The molecule has 1 atom stereocenters. The molecule has 0 aliphatic carbocycles. The molecule has 26 heavy (non-hydrogen) atoms. The predicted octanol–water partition coefficient (Wildman–Crippen LogP) is 3.72. The van der Waals surface area contributed by atoms with Gasteiger partial charge in [-0.2, -0.15) is 0 Å². The zero-order chi connectivity index (χ0) is 17.9. The van der Waals surface area contributed by atoms with Gasteiger partial charge >= 0.3 is 0 Å². The van der Waals surface area contributed by atoms with E-state index in [9.17, 15) is 0 Å². The van der Waals surface area contributed by atoms with Crippen LogP contribution in [0.5, 0.6) is 0 Å². The first-order chi connectivity index (χ1) is 12.7. The smallest absolute Gasteiger partial charge is 0.0890 e. The zero-order valence-electron chi connectivity index (χ0n) is 15.4. The summed E-state index contributed by atoms with van der Waals surface area (Å²) in [6.45, 7) is 7.26. The van der Waals surface area contributed by atoms with Crippen LogP contribution in [-0.4, -0.2) is 39.0 Å². The summed E-state index contributed by atoms with van der Waals surface area (Å²) in [4.78, 5) is 15.8. The lowest BCUT2D eigenvalue weighted by molar-refractivity contribution is 0.208. The van der Waals surface area contributed by atoms with E-state index in [0.717, 1.165) is 42.1 Å². The Bertz CT molecular complexity index is 888. The number of aromatic nitrogens is 3. The average molecular weight is 347 g/mol. The summed E-state index contributed by atoms with van der Waals surface area (Å²) in [5, 5.41) is 3.70. The number of nitrogens with one attached hydrogen (secondary N) is 1. The summed E-state index contributed by atoms with van der Waals surface area (Å²) >= 11 is 0. The number of rotatable bonds is 4. The molecule has 0 spiro atoms. The molecule has 2 aromatic heterocycles. The summed E-state index contributed by atoms with van der Waals surface area (Å²) in [7, 11) is 0. The Kier molecular flexibility index (Phi) is 4.80. The van der Waals surface area contributed by atoms with Gasteiger partial charge < -0.3 is 5.32 Å². The van der Waals surface area contributed by atoms with E-state index in [1.54, 1.807) is 12.4 Å². The monoisotopic (exact) mass is 347 g/mol. The van der Waals surface area contributed by atoms with E-state index < -0.39 is 0 Å². The molecule has 1 unspecified atom stereocenters. The molecule has 5 nitrogen and oxygen atoms in total. The highest BCUT2D eigenvalue weighted by Gasteiger charge is 2.20. The first-order valence-electron chi connectivity index (χ1n) is 9.29. The summed E-state index contributed by atoms with van der Waals surface area (Å²) in [6.07, 6.45) is 5.92. The van der Waals surface area contributed by atoms with Crippen molar-refractivity contribution in [2.45, 2.75) is 39.3 Å². The molecule has 3 aromatic rings. The number of nitrogens with zero attached hydrogens (tertiary/aromatic N) is 4. The highest BCUT2D eigenvalue weighted by Crippen LogP contribution is 2.20. The maximum Gasteiger partial charge on any atom is 0.0890 e. The molecule has 5 heteroatoms. The lowest BCUT2D eigenvalue weighted by Crippen LogP contribution is -2.41. The Hall–Kier alpha value is -2.53. The molecule has 1 N–H and O–H groups in total. The first kappa shape index (κ1) is 16.9. The summed E-state index contributed by atoms with van der Waals surface area (Å²) in [5.41, 5.74) is 6.55. The van der Waals surface area contributed by atoms with Gasteiger partial charge in [-0.1, -0.05) is 6.07 Å². The van der Waals surface area contributed by atoms with Gasteiger partial charge in [0.1, 0.15) is 0 Å². The predicted molar refractivity (Wildman–Crippen MR) is 105 cm³/mol. The maximum absolute atomic E-state index is 4.46. The maximum atomic E-state index is 4.46.